The quantitative estimate of drug-likeness (QED) is 0.107. The van der Waals surface area contributed by atoms with Gasteiger partial charge < -0.3 is 0 Å². The second-order valence-electron chi connectivity index (χ2n) is 8.42. The van der Waals surface area contributed by atoms with E-state index in [1.165, 1.54) is 148 Å². The van der Waals surface area contributed by atoms with E-state index in [0.29, 0.717) is 0 Å². The van der Waals surface area contributed by atoms with Crippen molar-refractivity contribution in [1.82, 2.24) is 0 Å². The summed E-state index contributed by atoms with van der Waals surface area (Å²) in [7, 11) is 0. The van der Waals surface area contributed by atoms with Crippen LogP contribution in [0.2, 0.25) is 0 Å². The Morgan fingerprint density at radius 3 is 0.462 bits per heavy atom. The van der Waals surface area contributed by atoms with Crippen molar-refractivity contribution >= 4 is 24.0 Å². The van der Waals surface area contributed by atoms with Gasteiger partial charge in [0.1, 0.15) is 0 Å². The Balaban J connectivity index is 0. The fraction of sp³-hybridized carbons (Fsp3) is 1.00. The molecule has 0 saturated heterocycles. The van der Waals surface area contributed by atoms with Crippen LogP contribution < -0.4 is 0 Å². The van der Waals surface area contributed by atoms with Crippen LogP contribution in [0, 0.1) is 0 Å². The first-order valence-electron chi connectivity index (χ1n) is 12.4. The summed E-state index contributed by atoms with van der Waals surface area (Å²) in [6, 6.07) is 0. The highest BCUT2D eigenvalue weighted by molar-refractivity contribution is 14.0. The molecule has 1 heteroatoms. The lowest BCUT2D eigenvalue weighted by molar-refractivity contribution is 0.519. The van der Waals surface area contributed by atoms with E-state index in [9.17, 15) is 0 Å². The van der Waals surface area contributed by atoms with E-state index >= 15 is 0 Å². The van der Waals surface area contributed by atoms with E-state index in [4.69, 9.17) is 0 Å². The number of hydrogen-bond acceptors (Lipinski definition) is 0. The van der Waals surface area contributed by atoms with Gasteiger partial charge in [-0.05, 0) is 0 Å². The average Bonchev–Trinajstić information content (AvgIpc) is 2.63. The highest BCUT2D eigenvalue weighted by Gasteiger charge is 1.95. The lowest BCUT2D eigenvalue weighted by Gasteiger charge is -2.04. The topological polar surface area (TPSA) is 0 Å². The number of hydrogen-bond donors (Lipinski definition) is 0. The molecule has 0 spiro atoms. The van der Waals surface area contributed by atoms with Gasteiger partial charge in [-0.25, -0.2) is 0 Å². The first-order chi connectivity index (χ1) is 12.4. The smallest absolute Gasteiger partial charge is 0.0533 e. The molecule has 0 aliphatic rings. The largest absolute Gasteiger partial charge is 0.107 e. The Morgan fingerprint density at radius 1 is 0.231 bits per heavy atom. The van der Waals surface area contributed by atoms with E-state index in [1.54, 1.807) is 0 Å². The minimum absolute atomic E-state index is 0. The Kier molecular flexibility index (Phi) is 31.1. The Morgan fingerprint density at radius 2 is 0.346 bits per heavy atom. The third-order valence-electron chi connectivity index (χ3n) is 5.71. The molecule has 0 aliphatic heterocycles. The SMILES string of the molecule is CCCCCCCCCCCCCCCCCCCCCCCCC.I. The van der Waals surface area contributed by atoms with Crippen LogP contribution in [0.3, 0.4) is 0 Å². The molecule has 0 radical (unpaired) electrons. The van der Waals surface area contributed by atoms with Crippen molar-refractivity contribution in [1.29, 1.82) is 0 Å². The van der Waals surface area contributed by atoms with E-state index in [2.05, 4.69) is 13.8 Å². The molecule has 0 nitrogen and oxygen atoms in total. The maximum absolute atomic E-state index is 2.30. The van der Waals surface area contributed by atoms with Gasteiger partial charge in [0.15, 0.2) is 0 Å². The van der Waals surface area contributed by atoms with Crippen molar-refractivity contribution in [3.63, 3.8) is 0 Å². The van der Waals surface area contributed by atoms with Gasteiger partial charge in [0.05, 0.1) is 0 Å². The van der Waals surface area contributed by atoms with Gasteiger partial charge in [-0.15, -0.1) is 24.0 Å². The number of halogens is 1. The van der Waals surface area contributed by atoms with Crippen LogP contribution in [0.1, 0.15) is 162 Å². The molecular weight excluding hydrogens is 427 g/mol. The van der Waals surface area contributed by atoms with Crippen LogP contribution in [-0.4, -0.2) is 0 Å². The minimum atomic E-state index is 0. The highest BCUT2D eigenvalue weighted by Crippen LogP contribution is 2.15. The molecule has 0 unspecified atom stereocenters. The maximum Gasteiger partial charge on any atom is -0.0533 e. The molecule has 0 amide bonds. The van der Waals surface area contributed by atoms with Gasteiger partial charge in [0, 0.05) is 0 Å². The van der Waals surface area contributed by atoms with Crippen molar-refractivity contribution < 1.29 is 0 Å². The zero-order chi connectivity index (χ0) is 18.3. The lowest BCUT2D eigenvalue weighted by atomic mass is 10.0. The molecule has 0 aromatic carbocycles. The normalized spacial score (nSPS) is 10.8. The Labute approximate surface area is 185 Å². The van der Waals surface area contributed by atoms with Gasteiger partial charge in [-0.1, -0.05) is 162 Å². The molecule has 0 aromatic rings. The van der Waals surface area contributed by atoms with Gasteiger partial charge in [-0.2, -0.15) is 0 Å². The van der Waals surface area contributed by atoms with Gasteiger partial charge >= 0.3 is 0 Å². The molecular formula is C25H53I. The van der Waals surface area contributed by atoms with Crippen molar-refractivity contribution in [2.45, 2.75) is 162 Å². The van der Waals surface area contributed by atoms with E-state index in [0.717, 1.165) is 0 Å². The number of unbranched alkanes of at least 4 members (excludes halogenated alkanes) is 22. The second-order valence-corrected chi connectivity index (χ2v) is 8.42. The van der Waals surface area contributed by atoms with Crippen molar-refractivity contribution in [3.05, 3.63) is 0 Å². The molecule has 0 bridgehead atoms. The molecule has 0 heterocycles. The molecule has 0 fully saturated rings. The van der Waals surface area contributed by atoms with Crippen LogP contribution >= 0.6 is 24.0 Å². The summed E-state index contributed by atoms with van der Waals surface area (Å²) >= 11 is 0. The number of rotatable bonds is 22. The molecule has 160 valence electrons. The summed E-state index contributed by atoms with van der Waals surface area (Å²) < 4.78 is 0. The first-order valence-corrected chi connectivity index (χ1v) is 12.4. The standard InChI is InChI=1S/C25H52.HI/c1-3-5-7-9-11-13-15-17-19-21-23-25-24-22-20-18-16-14-12-10-8-6-4-2;/h3-25H2,1-2H3;1H. The van der Waals surface area contributed by atoms with Gasteiger partial charge in [-0.3, -0.25) is 0 Å². The van der Waals surface area contributed by atoms with Crippen molar-refractivity contribution in [3.8, 4) is 0 Å². The van der Waals surface area contributed by atoms with E-state index in [1.807, 2.05) is 0 Å². The molecule has 26 heavy (non-hydrogen) atoms. The molecule has 0 atom stereocenters. The zero-order valence-corrected chi connectivity index (χ0v) is 21.0. The van der Waals surface area contributed by atoms with Crippen LogP contribution in [0.5, 0.6) is 0 Å². The van der Waals surface area contributed by atoms with Crippen LogP contribution in [0.15, 0.2) is 0 Å². The Bertz CT molecular complexity index is 192. The lowest BCUT2D eigenvalue weighted by Crippen LogP contribution is -1.84. The summed E-state index contributed by atoms with van der Waals surface area (Å²) in [5.74, 6) is 0. The third-order valence-corrected chi connectivity index (χ3v) is 5.71. The predicted molar refractivity (Wildman–Crippen MR) is 133 cm³/mol. The molecule has 0 aliphatic carbocycles. The molecule has 0 rings (SSSR count). The summed E-state index contributed by atoms with van der Waals surface area (Å²) in [4.78, 5) is 0. The van der Waals surface area contributed by atoms with Gasteiger partial charge in [0.2, 0.25) is 0 Å². The fourth-order valence-electron chi connectivity index (χ4n) is 3.86. The van der Waals surface area contributed by atoms with Gasteiger partial charge in [0.25, 0.3) is 0 Å². The molecule has 0 N–H and O–H groups in total. The molecule has 0 aromatic heterocycles. The Hall–Kier alpha value is 0.730. The molecule has 0 saturated carbocycles. The first kappa shape index (κ1) is 28.9. The third kappa shape index (κ3) is 27.0. The van der Waals surface area contributed by atoms with Crippen LogP contribution in [0.4, 0.5) is 0 Å². The van der Waals surface area contributed by atoms with Crippen LogP contribution in [0.25, 0.3) is 0 Å². The van der Waals surface area contributed by atoms with E-state index in [-0.39, 0.29) is 24.0 Å². The summed E-state index contributed by atoms with van der Waals surface area (Å²) in [5.41, 5.74) is 0. The average molecular weight is 481 g/mol. The van der Waals surface area contributed by atoms with Crippen LogP contribution in [-0.2, 0) is 0 Å². The zero-order valence-electron chi connectivity index (χ0n) is 18.7. The van der Waals surface area contributed by atoms with Crippen molar-refractivity contribution in [2.24, 2.45) is 0 Å². The van der Waals surface area contributed by atoms with E-state index < -0.39 is 0 Å². The predicted octanol–water partition coefficient (Wildman–Crippen LogP) is 10.6. The summed E-state index contributed by atoms with van der Waals surface area (Å²) in [5, 5.41) is 0. The maximum atomic E-state index is 2.30. The summed E-state index contributed by atoms with van der Waals surface area (Å²) in [6.45, 7) is 4.60. The second kappa shape index (κ2) is 27.9. The fourth-order valence-corrected chi connectivity index (χ4v) is 3.86. The monoisotopic (exact) mass is 480 g/mol. The highest BCUT2D eigenvalue weighted by atomic mass is 127. The van der Waals surface area contributed by atoms with Crippen molar-refractivity contribution in [2.75, 3.05) is 0 Å². The summed E-state index contributed by atoms with van der Waals surface area (Å²) in [6.07, 6.45) is 33.9. The minimum Gasteiger partial charge on any atom is -0.107 e.